The number of halogens is 1. The monoisotopic (exact) mass is 501 g/mol. The van der Waals surface area contributed by atoms with Crippen molar-refractivity contribution in [2.75, 3.05) is 19.5 Å². The zero-order valence-electron chi connectivity index (χ0n) is 19.2. The maximum atomic E-state index is 12.7. The molecule has 180 valence electrons. The first-order chi connectivity index (χ1) is 16.4. The summed E-state index contributed by atoms with van der Waals surface area (Å²) in [5.74, 6) is 0.544. The van der Waals surface area contributed by atoms with Crippen molar-refractivity contribution in [3.05, 3.63) is 58.6 Å². The minimum Gasteiger partial charge on any atom is -0.493 e. The van der Waals surface area contributed by atoms with Crippen molar-refractivity contribution in [1.82, 2.24) is 10.6 Å². The van der Waals surface area contributed by atoms with Crippen molar-refractivity contribution in [3.63, 3.8) is 0 Å². The normalized spacial score (nSPS) is 13.9. The quantitative estimate of drug-likeness (QED) is 0.367. The first-order valence-electron chi connectivity index (χ1n) is 11.0. The van der Waals surface area contributed by atoms with Crippen LogP contribution in [-0.4, -0.2) is 37.2 Å². The van der Waals surface area contributed by atoms with E-state index in [0.29, 0.717) is 27.8 Å². The fraction of sp³-hybridized carbons (Fsp3) is 0.320. The molecule has 0 unspecified atom stereocenters. The Bertz CT molecular complexity index is 1080. The van der Waals surface area contributed by atoms with Gasteiger partial charge in [0.25, 0.3) is 5.91 Å². The molecule has 2 aromatic carbocycles. The molecular formula is C25H28ClN3O4S. The van der Waals surface area contributed by atoms with Crippen LogP contribution >= 0.6 is 23.8 Å². The average Bonchev–Trinajstić information content (AvgIpc) is 2.84. The van der Waals surface area contributed by atoms with Gasteiger partial charge in [-0.25, -0.2) is 0 Å². The maximum absolute atomic E-state index is 12.7. The summed E-state index contributed by atoms with van der Waals surface area (Å²) in [6.07, 6.45) is 8.40. The van der Waals surface area contributed by atoms with Gasteiger partial charge in [0, 0.05) is 17.8 Å². The molecule has 7 nitrogen and oxygen atoms in total. The molecule has 0 heterocycles. The van der Waals surface area contributed by atoms with Crippen molar-refractivity contribution in [3.8, 4) is 11.5 Å². The lowest BCUT2D eigenvalue weighted by Crippen LogP contribution is -2.36. The molecule has 1 aliphatic rings. The highest BCUT2D eigenvalue weighted by molar-refractivity contribution is 7.80. The van der Waals surface area contributed by atoms with Crippen LogP contribution in [0.1, 0.15) is 48.0 Å². The van der Waals surface area contributed by atoms with E-state index in [2.05, 4.69) is 16.0 Å². The van der Waals surface area contributed by atoms with Gasteiger partial charge in [-0.1, -0.05) is 36.9 Å². The van der Waals surface area contributed by atoms with Gasteiger partial charge in [0.05, 0.1) is 24.8 Å². The summed E-state index contributed by atoms with van der Waals surface area (Å²) in [6, 6.07) is 10.4. The summed E-state index contributed by atoms with van der Waals surface area (Å²) in [7, 11) is 3.10. The minimum atomic E-state index is -0.406. The molecule has 34 heavy (non-hydrogen) atoms. The largest absolute Gasteiger partial charge is 0.493 e. The predicted octanol–water partition coefficient (Wildman–Crippen LogP) is 4.95. The second-order valence-electron chi connectivity index (χ2n) is 7.89. The van der Waals surface area contributed by atoms with Gasteiger partial charge in [0.15, 0.2) is 16.6 Å². The molecule has 2 aromatic rings. The Morgan fingerprint density at radius 3 is 2.47 bits per heavy atom. The van der Waals surface area contributed by atoms with Gasteiger partial charge in [-0.15, -0.1) is 0 Å². The van der Waals surface area contributed by atoms with Gasteiger partial charge in [0.1, 0.15) is 0 Å². The number of carbonyl (C=O) groups is 2. The highest BCUT2D eigenvalue weighted by atomic mass is 35.5. The summed E-state index contributed by atoms with van der Waals surface area (Å²) >= 11 is 11.5. The van der Waals surface area contributed by atoms with Crippen LogP contribution in [-0.2, 0) is 4.79 Å². The molecule has 1 saturated carbocycles. The van der Waals surface area contributed by atoms with Crippen molar-refractivity contribution < 1.29 is 19.1 Å². The van der Waals surface area contributed by atoms with E-state index < -0.39 is 5.91 Å². The Kier molecular flexibility index (Phi) is 9.30. The molecule has 0 radical (unpaired) electrons. The number of anilines is 1. The Morgan fingerprint density at radius 2 is 1.76 bits per heavy atom. The molecule has 0 atom stereocenters. The van der Waals surface area contributed by atoms with Crippen LogP contribution < -0.4 is 25.4 Å². The van der Waals surface area contributed by atoms with Crippen LogP contribution in [0, 0.1) is 0 Å². The van der Waals surface area contributed by atoms with Crippen LogP contribution in [0.3, 0.4) is 0 Å². The molecule has 2 amide bonds. The van der Waals surface area contributed by atoms with Gasteiger partial charge in [-0.05, 0) is 67.0 Å². The number of carbonyl (C=O) groups excluding carboxylic acids is 2. The molecule has 0 spiro atoms. The van der Waals surface area contributed by atoms with Gasteiger partial charge in [0.2, 0.25) is 5.91 Å². The van der Waals surface area contributed by atoms with Crippen LogP contribution in [0.15, 0.2) is 42.5 Å². The van der Waals surface area contributed by atoms with E-state index in [1.165, 1.54) is 12.5 Å². The van der Waals surface area contributed by atoms with Gasteiger partial charge < -0.3 is 20.1 Å². The zero-order chi connectivity index (χ0) is 24.5. The number of rotatable bonds is 7. The van der Waals surface area contributed by atoms with Crippen LogP contribution in [0.5, 0.6) is 11.5 Å². The van der Waals surface area contributed by atoms with E-state index >= 15 is 0 Å². The Labute approximate surface area is 209 Å². The highest BCUT2D eigenvalue weighted by Crippen LogP contribution is 2.28. The highest BCUT2D eigenvalue weighted by Gasteiger charge is 2.19. The molecule has 0 bridgehead atoms. The summed E-state index contributed by atoms with van der Waals surface area (Å²) in [5, 5.41) is 9.01. The third-order valence-electron chi connectivity index (χ3n) is 5.48. The average molecular weight is 502 g/mol. The van der Waals surface area contributed by atoms with Crippen LogP contribution in [0.25, 0.3) is 6.08 Å². The molecule has 1 fully saturated rings. The van der Waals surface area contributed by atoms with Crippen LogP contribution in [0.2, 0.25) is 5.02 Å². The van der Waals surface area contributed by atoms with Crippen molar-refractivity contribution >= 4 is 52.5 Å². The van der Waals surface area contributed by atoms with Crippen molar-refractivity contribution in [1.29, 1.82) is 0 Å². The standard InChI is InChI=1S/C25H28ClN3O4S/c1-32-21-12-8-16(14-22(21)33-2)9-13-23(30)29-25(34)28-18-10-11-20(26)19(15-18)24(31)27-17-6-4-3-5-7-17/h8-15,17H,3-7H2,1-2H3,(H,27,31)(H2,28,29,30,34)/b13-9+. The molecule has 0 aliphatic heterocycles. The Morgan fingerprint density at radius 1 is 1.03 bits per heavy atom. The number of nitrogens with one attached hydrogen (secondary N) is 3. The molecule has 3 N–H and O–H groups in total. The van der Waals surface area contributed by atoms with E-state index in [0.717, 1.165) is 31.2 Å². The summed E-state index contributed by atoms with van der Waals surface area (Å²) in [6.45, 7) is 0. The molecule has 3 rings (SSSR count). The number of benzene rings is 2. The van der Waals surface area contributed by atoms with Gasteiger partial charge >= 0.3 is 0 Å². The predicted molar refractivity (Wildman–Crippen MR) is 139 cm³/mol. The number of ether oxygens (including phenoxy) is 2. The fourth-order valence-electron chi connectivity index (χ4n) is 3.73. The SMILES string of the molecule is COc1ccc(/C=C/C(=O)NC(=S)Nc2ccc(Cl)c(C(=O)NC3CCCCC3)c2)cc1OC. The first-order valence-corrected chi connectivity index (χ1v) is 11.8. The lowest BCUT2D eigenvalue weighted by molar-refractivity contribution is -0.115. The van der Waals surface area contributed by atoms with E-state index in [-0.39, 0.29) is 17.1 Å². The van der Waals surface area contributed by atoms with Crippen LogP contribution in [0.4, 0.5) is 5.69 Å². The van der Waals surface area contributed by atoms with E-state index in [1.54, 1.807) is 56.7 Å². The molecular weight excluding hydrogens is 474 g/mol. The van der Waals surface area contributed by atoms with Gasteiger partial charge in [-0.3, -0.25) is 14.9 Å². The maximum Gasteiger partial charge on any atom is 0.253 e. The molecule has 9 heteroatoms. The number of methoxy groups -OCH3 is 2. The number of hydrogen-bond donors (Lipinski definition) is 3. The zero-order valence-corrected chi connectivity index (χ0v) is 20.7. The fourth-order valence-corrected chi connectivity index (χ4v) is 4.15. The summed E-state index contributed by atoms with van der Waals surface area (Å²) in [5.41, 5.74) is 1.67. The van der Waals surface area contributed by atoms with Gasteiger partial charge in [-0.2, -0.15) is 0 Å². The molecule has 1 aliphatic carbocycles. The topological polar surface area (TPSA) is 88.7 Å². The third-order valence-corrected chi connectivity index (χ3v) is 6.01. The minimum absolute atomic E-state index is 0.0999. The summed E-state index contributed by atoms with van der Waals surface area (Å²) < 4.78 is 10.5. The number of thiocarbonyl (C=S) groups is 1. The Hall–Kier alpha value is -3.10. The smallest absolute Gasteiger partial charge is 0.253 e. The van der Waals surface area contributed by atoms with E-state index in [9.17, 15) is 9.59 Å². The van der Waals surface area contributed by atoms with Crippen molar-refractivity contribution in [2.24, 2.45) is 0 Å². The summed E-state index contributed by atoms with van der Waals surface area (Å²) in [4.78, 5) is 25.0. The molecule has 0 aromatic heterocycles. The third kappa shape index (κ3) is 7.20. The van der Waals surface area contributed by atoms with E-state index in [1.807, 2.05) is 0 Å². The lowest BCUT2D eigenvalue weighted by atomic mass is 9.95. The Balaban J connectivity index is 1.57. The first kappa shape index (κ1) is 25.5. The van der Waals surface area contributed by atoms with Crippen molar-refractivity contribution in [2.45, 2.75) is 38.1 Å². The second-order valence-corrected chi connectivity index (χ2v) is 8.71. The number of hydrogen-bond acceptors (Lipinski definition) is 5. The second kappa shape index (κ2) is 12.4. The number of amides is 2. The lowest BCUT2D eigenvalue weighted by Gasteiger charge is -2.23. The van der Waals surface area contributed by atoms with E-state index in [4.69, 9.17) is 33.3 Å². The molecule has 0 saturated heterocycles.